The Bertz CT molecular complexity index is 580. The second-order valence-corrected chi connectivity index (χ2v) is 5.39. The van der Waals surface area contributed by atoms with Gasteiger partial charge >= 0.3 is 6.09 Å². The van der Waals surface area contributed by atoms with E-state index in [1.54, 1.807) is 9.80 Å². The molecule has 0 radical (unpaired) electrons. The largest absolute Gasteiger partial charge is 0.453 e. The fourth-order valence-electron chi connectivity index (χ4n) is 2.93. The molecule has 0 unspecified atom stereocenters. The van der Waals surface area contributed by atoms with Crippen LogP contribution in [0.15, 0.2) is 18.2 Å². The maximum Gasteiger partial charge on any atom is 0.409 e. The number of carbonyl (C=O) groups is 2. The summed E-state index contributed by atoms with van der Waals surface area (Å²) in [6, 6.07) is 6.13. The number of amides is 2. The van der Waals surface area contributed by atoms with Crippen molar-refractivity contribution < 1.29 is 14.3 Å². The third kappa shape index (κ3) is 2.41. The Kier molecular flexibility index (Phi) is 3.45. The molecule has 2 aliphatic rings. The van der Waals surface area contributed by atoms with Crippen molar-refractivity contribution in [2.45, 2.75) is 6.42 Å². The number of anilines is 2. The maximum atomic E-state index is 11.7. The Balaban J connectivity index is 1.71. The predicted octanol–water partition coefficient (Wildman–Crippen LogP) is 1.09. The van der Waals surface area contributed by atoms with Crippen LogP contribution in [0.5, 0.6) is 0 Å². The number of benzene rings is 1. The number of ether oxygens (including phenoxy) is 1. The Morgan fingerprint density at radius 2 is 1.90 bits per heavy atom. The molecule has 3 rings (SSSR count). The molecule has 21 heavy (non-hydrogen) atoms. The fraction of sp³-hybridized carbons (Fsp3) is 0.467. The summed E-state index contributed by atoms with van der Waals surface area (Å²) in [7, 11) is 3.21. The minimum Gasteiger partial charge on any atom is -0.453 e. The van der Waals surface area contributed by atoms with Crippen LogP contribution in [-0.4, -0.2) is 57.2 Å². The van der Waals surface area contributed by atoms with Gasteiger partial charge in [0.25, 0.3) is 0 Å². The maximum absolute atomic E-state index is 11.7. The average molecular weight is 289 g/mol. The van der Waals surface area contributed by atoms with Gasteiger partial charge in [0.15, 0.2) is 0 Å². The molecule has 0 aliphatic carbocycles. The lowest BCUT2D eigenvalue weighted by Gasteiger charge is -2.35. The van der Waals surface area contributed by atoms with Crippen molar-refractivity contribution in [3.05, 3.63) is 23.8 Å². The van der Waals surface area contributed by atoms with Gasteiger partial charge in [0.2, 0.25) is 5.91 Å². The van der Waals surface area contributed by atoms with Gasteiger partial charge < -0.3 is 19.4 Å². The number of hydrogen-bond donors (Lipinski definition) is 0. The normalized spacial score (nSPS) is 18.0. The number of methoxy groups -OCH3 is 1. The summed E-state index contributed by atoms with van der Waals surface area (Å²) in [6.45, 7) is 2.86. The molecule has 2 amide bonds. The van der Waals surface area contributed by atoms with Crippen LogP contribution in [0.2, 0.25) is 0 Å². The molecule has 0 aromatic heterocycles. The number of piperazine rings is 1. The summed E-state index contributed by atoms with van der Waals surface area (Å²) in [4.78, 5) is 28.9. The van der Waals surface area contributed by atoms with Gasteiger partial charge in [0.1, 0.15) is 0 Å². The number of rotatable bonds is 1. The molecule has 1 aromatic rings. The summed E-state index contributed by atoms with van der Waals surface area (Å²) in [5, 5.41) is 0. The first kappa shape index (κ1) is 13.7. The van der Waals surface area contributed by atoms with Crippen LogP contribution in [-0.2, 0) is 16.0 Å². The molecule has 0 spiro atoms. The quantitative estimate of drug-likeness (QED) is 0.777. The topological polar surface area (TPSA) is 53.1 Å². The predicted molar refractivity (Wildman–Crippen MR) is 79.7 cm³/mol. The van der Waals surface area contributed by atoms with E-state index in [2.05, 4.69) is 11.0 Å². The average Bonchev–Trinajstić information content (AvgIpc) is 2.81. The zero-order valence-corrected chi connectivity index (χ0v) is 12.3. The standard InChI is InChI=1S/C15H19N3O3/c1-16-13-4-3-12(9-11(13)10-14(16)19)17-5-7-18(8-6-17)15(20)21-2/h3-4,9H,5-8,10H2,1-2H3. The Hall–Kier alpha value is -2.24. The molecule has 6 heteroatoms. The summed E-state index contributed by atoms with van der Waals surface area (Å²) in [5.41, 5.74) is 3.19. The highest BCUT2D eigenvalue weighted by atomic mass is 16.5. The number of likely N-dealkylation sites (N-methyl/N-ethyl adjacent to an activating group) is 1. The van der Waals surface area contributed by atoms with E-state index in [0.29, 0.717) is 19.5 Å². The fourth-order valence-corrected chi connectivity index (χ4v) is 2.93. The number of nitrogens with zero attached hydrogens (tertiary/aromatic N) is 3. The van der Waals surface area contributed by atoms with Crippen molar-refractivity contribution >= 4 is 23.4 Å². The third-order valence-corrected chi connectivity index (χ3v) is 4.22. The highest BCUT2D eigenvalue weighted by Crippen LogP contribution is 2.31. The molecule has 0 atom stereocenters. The lowest BCUT2D eigenvalue weighted by atomic mass is 10.1. The highest BCUT2D eigenvalue weighted by molar-refractivity contribution is 6.01. The van der Waals surface area contributed by atoms with E-state index in [0.717, 1.165) is 30.0 Å². The number of carbonyl (C=O) groups excluding carboxylic acids is 2. The van der Waals surface area contributed by atoms with Gasteiger partial charge in [-0.25, -0.2) is 4.79 Å². The van der Waals surface area contributed by atoms with Gasteiger partial charge in [-0.3, -0.25) is 4.79 Å². The molecule has 1 aromatic carbocycles. The van der Waals surface area contributed by atoms with Crippen LogP contribution in [0.4, 0.5) is 16.2 Å². The van der Waals surface area contributed by atoms with Crippen LogP contribution in [0.1, 0.15) is 5.56 Å². The molecule has 0 bridgehead atoms. The monoisotopic (exact) mass is 289 g/mol. The molecular weight excluding hydrogens is 270 g/mol. The molecule has 0 saturated carbocycles. The second-order valence-electron chi connectivity index (χ2n) is 5.39. The van der Waals surface area contributed by atoms with Crippen molar-refractivity contribution in [2.24, 2.45) is 0 Å². The van der Waals surface area contributed by atoms with Crippen molar-refractivity contribution in [1.82, 2.24) is 4.90 Å². The summed E-state index contributed by atoms with van der Waals surface area (Å²) < 4.78 is 4.74. The molecule has 1 fully saturated rings. The summed E-state index contributed by atoms with van der Waals surface area (Å²) in [5.74, 6) is 0.137. The van der Waals surface area contributed by atoms with Gasteiger partial charge in [0, 0.05) is 44.6 Å². The molecule has 1 saturated heterocycles. The van der Waals surface area contributed by atoms with E-state index in [9.17, 15) is 9.59 Å². The minimum absolute atomic E-state index is 0.137. The highest BCUT2D eigenvalue weighted by Gasteiger charge is 2.26. The van der Waals surface area contributed by atoms with E-state index in [1.807, 2.05) is 19.2 Å². The summed E-state index contributed by atoms with van der Waals surface area (Å²) in [6.07, 6.45) is 0.206. The van der Waals surface area contributed by atoms with E-state index in [4.69, 9.17) is 4.74 Å². The van der Waals surface area contributed by atoms with Gasteiger partial charge in [-0.05, 0) is 23.8 Å². The lowest BCUT2D eigenvalue weighted by Crippen LogP contribution is -2.48. The molecule has 2 heterocycles. The van der Waals surface area contributed by atoms with Crippen LogP contribution < -0.4 is 9.80 Å². The van der Waals surface area contributed by atoms with Crippen LogP contribution in [0, 0.1) is 0 Å². The van der Waals surface area contributed by atoms with Gasteiger partial charge in [-0.2, -0.15) is 0 Å². The number of fused-ring (bicyclic) bond motifs is 1. The van der Waals surface area contributed by atoms with Crippen LogP contribution >= 0.6 is 0 Å². The van der Waals surface area contributed by atoms with E-state index >= 15 is 0 Å². The SMILES string of the molecule is COC(=O)N1CCN(c2ccc3c(c2)CC(=O)N3C)CC1. The first-order chi connectivity index (χ1) is 10.1. The van der Waals surface area contributed by atoms with Crippen LogP contribution in [0.3, 0.4) is 0 Å². The molecule has 0 N–H and O–H groups in total. The smallest absolute Gasteiger partial charge is 0.409 e. The zero-order valence-electron chi connectivity index (χ0n) is 12.3. The van der Waals surface area contributed by atoms with Crippen molar-refractivity contribution in [3.8, 4) is 0 Å². The van der Waals surface area contributed by atoms with E-state index < -0.39 is 0 Å². The zero-order chi connectivity index (χ0) is 15.0. The second kappa shape index (κ2) is 5.27. The van der Waals surface area contributed by atoms with E-state index in [1.165, 1.54) is 7.11 Å². The van der Waals surface area contributed by atoms with Crippen molar-refractivity contribution in [3.63, 3.8) is 0 Å². The van der Waals surface area contributed by atoms with Crippen molar-refractivity contribution in [2.75, 3.05) is 50.1 Å². The van der Waals surface area contributed by atoms with Crippen LogP contribution in [0.25, 0.3) is 0 Å². The molecule has 2 aliphatic heterocycles. The third-order valence-electron chi connectivity index (χ3n) is 4.22. The Morgan fingerprint density at radius 1 is 1.19 bits per heavy atom. The first-order valence-corrected chi connectivity index (χ1v) is 7.07. The minimum atomic E-state index is -0.268. The van der Waals surface area contributed by atoms with Crippen molar-refractivity contribution in [1.29, 1.82) is 0 Å². The Morgan fingerprint density at radius 3 is 2.57 bits per heavy atom. The van der Waals surface area contributed by atoms with Gasteiger partial charge in [-0.1, -0.05) is 0 Å². The molecule has 6 nitrogen and oxygen atoms in total. The van der Waals surface area contributed by atoms with Gasteiger partial charge in [0.05, 0.1) is 13.5 Å². The lowest BCUT2D eigenvalue weighted by molar-refractivity contribution is -0.117. The van der Waals surface area contributed by atoms with Gasteiger partial charge in [-0.15, -0.1) is 0 Å². The summed E-state index contributed by atoms with van der Waals surface area (Å²) >= 11 is 0. The molecule has 112 valence electrons. The Labute approximate surface area is 123 Å². The first-order valence-electron chi connectivity index (χ1n) is 7.07. The molecular formula is C15H19N3O3. The van der Waals surface area contributed by atoms with E-state index in [-0.39, 0.29) is 12.0 Å². The number of hydrogen-bond acceptors (Lipinski definition) is 4.